The minimum atomic E-state index is -3.86. The van der Waals surface area contributed by atoms with E-state index in [1.807, 2.05) is 30.3 Å². The standard InChI is InChI=1S/C17H18F5NO2/c18-14(15(19)20)8-11-25-16(24)17(21,22)23-9-6-13(7-10-23)12-4-2-1-3-5-12/h1-5,13H,6-11H2. The zero-order valence-corrected chi connectivity index (χ0v) is 13.4. The zero-order chi connectivity index (χ0) is 18.4. The van der Waals surface area contributed by atoms with Gasteiger partial charge < -0.3 is 4.74 Å². The molecule has 1 saturated heterocycles. The molecule has 0 unspecified atom stereocenters. The van der Waals surface area contributed by atoms with E-state index >= 15 is 0 Å². The summed E-state index contributed by atoms with van der Waals surface area (Å²) in [6, 6.07) is 5.62. The number of ether oxygens (including phenoxy) is 1. The lowest BCUT2D eigenvalue weighted by molar-refractivity contribution is -0.206. The van der Waals surface area contributed by atoms with Gasteiger partial charge in [0.05, 0.1) is 6.61 Å². The van der Waals surface area contributed by atoms with Gasteiger partial charge in [-0.05, 0) is 24.3 Å². The van der Waals surface area contributed by atoms with Crippen LogP contribution in [-0.2, 0) is 9.53 Å². The van der Waals surface area contributed by atoms with Crippen LogP contribution in [0.3, 0.4) is 0 Å². The molecule has 1 heterocycles. The highest BCUT2D eigenvalue weighted by molar-refractivity contribution is 5.77. The van der Waals surface area contributed by atoms with Gasteiger partial charge in [-0.3, -0.25) is 0 Å². The molecule has 0 atom stereocenters. The molecule has 2 rings (SSSR count). The van der Waals surface area contributed by atoms with Crippen molar-refractivity contribution in [3.8, 4) is 0 Å². The number of carbonyl (C=O) groups is 1. The predicted molar refractivity (Wildman–Crippen MR) is 80.9 cm³/mol. The number of piperidine rings is 1. The Hall–Kier alpha value is -1.96. The first-order chi connectivity index (χ1) is 11.8. The van der Waals surface area contributed by atoms with E-state index in [0.29, 0.717) is 17.7 Å². The summed E-state index contributed by atoms with van der Waals surface area (Å²) in [6.07, 6.45) is -2.57. The smallest absolute Gasteiger partial charge is 0.402 e. The zero-order valence-electron chi connectivity index (χ0n) is 13.4. The van der Waals surface area contributed by atoms with E-state index in [4.69, 9.17) is 0 Å². The molecule has 0 spiro atoms. The van der Waals surface area contributed by atoms with Gasteiger partial charge in [0.2, 0.25) is 0 Å². The van der Waals surface area contributed by atoms with E-state index in [1.165, 1.54) is 0 Å². The maximum atomic E-state index is 14.1. The first kappa shape index (κ1) is 19.4. The molecule has 25 heavy (non-hydrogen) atoms. The number of nitrogens with zero attached hydrogens (tertiary/aromatic N) is 1. The first-order valence-electron chi connectivity index (χ1n) is 7.87. The van der Waals surface area contributed by atoms with E-state index in [2.05, 4.69) is 4.74 Å². The Labute approximate surface area is 142 Å². The maximum Gasteiger partial charge on any atom is 0.402 e. The van der Waals surface area contributed by atoms with Gasteiger partial charge in [-0.25, -0.2) is 14.1 Å². The number of benzene rings is 1. The molecular formula is C17H18F5NO2. The molecule has 0 amide bonds. The topological polar surface area (TPSA) is 29.5 Å². The molecular weight excluding hydrogens is 345 g/mol. The third kappa shape index (κ3) is 5.01. The molecule has 0 aliphatic carbocycles. The van der Waals surface area contributed by atoms with E-state index in [0.717, 1.165) is 5.56 Å². The summed E-state index contributed by atoms with van der Waals surface area (Å²) in [7, 11) is 0. The van der Waals surface area contributed by atoms with Crippen LogP contribution in [0.1, 0.15) is 30.7 Å². The Morgan fingerprint density at radius 2 is 1.72 bits per heavy atom. The lowest BCUT2D eigenvalue weighted by atomic mass is 9.89. The average molecular weight is 363 g/mol. The highest BCUT2D eigenvalue weighted by atomic mass is 19.3. The second kappa shape index (κ2) is 8.42. The van der Waals surface area contributed by atoms with Crippen LogP contribution in [0, 0.1) is 0 Å². The molecule has 138 valence electrons. The lowest BCUT2D eigenvalue weighted by Gasteiger charge is -2.35. The Morgan fingerprint density at radius 1 is 1.12 bits per heavy atom. The fourth-order valence-corrected chi connectivity index (χ4v) is 2.76. The number of esters is 1. The van der Waals surface area contributed by atoms with E-state index in [-0.39, 0.29) is 19.0 Å². The summed E-state index contributed by atoms with van der Waals surface area (Å²) < 4.78 is 68.8. The molecule has 0 radical (unpaired) electrons. The monoisotopic (exact) mass is 363 g/mol. The largest absolute Gasteiger partial charge is 0.460 e. The molecule has 8 heteroatoms. The summed E-state index contributed by atoms with van der Waals surface area (Å²) in [5.74, 6) is -3.49. The van der Waals surface area contributed by atoms with Crippen molar-refractivity contribution in [2.45, 2.75) is 31.2 Å². The molecule has 0 aromatic heterocycles. The van der Waals surface area contributed by atoms with E-state index < -0.39 is 37.0 Å². The normalized spacial score (nSPS) is 16.5. The van der Waals surface area contributed by atoms with Crippen molar-refractivity contribution in [1.29, 1.82) is 0 Å². The van der Waals surface area contributed by atoms with Crippen LogP contribution in [0.25, 0.3) is 0 Å². The maximum absolute atomic E-state index is 14.1. The minimum absolute atomic E-state index is 0.00493. The molecule has 1 aromatic rings. The highest BCUT2D eigenvalue weighted by Gasteiger charge is 2.48. The predicted octanol–water partition coefficient (Wildman–Crippen LogP) is 4.47. The van der Waals surface area contributed by atoms with Gasteiger partial charge in [0.25, 0.3) is 0 Å². The molecule has 1 aliphatic rings. The molecule has 0 saturated carbocycles. The van der Waals surface area contributed by atoms with Crippen molar-refractivity contribution in [1.82, 2.24) is 4.90 Å². The third-order valence-electron chi connectivity index (χ3n) is 4.17. The summed E-state index contributed by atoms with van der Waals surface area (Å²) >= 11 is 0. The van der Waals surface area contributed by atoms with Crippen LogP contribution < -0.4 is 0 Å². The molecule has 3 nitrogen and oxygen atoms in total. The molecule has 1 fully saturated rings. The van der Waals surface area contributed by atoms with Gasteiger partial charge >= 0.3 is 18.1 Å². The van der Waals surface area contributed by atoms with Gasteiger partial charge in [0.15, 0.2) is 5.83 Å². The quantitative estimate of drug-likeness (QED) is 0.424. The number of rotatable bonds is 6. The summed E-state index contributed by atoms with van der Waals surface area (Å²) in [4.78, 5) is 12.2. The van der Waals surface area contributed by atoms with Crippen LogP contribution in [0.15, 0.2) is 42.2 Å². The first-order valence-corrected chi connectivity index (χ1v) is 7.87. The van der Waals surface area contributed by atoms with Crippen LogP contribution in [-0.4, -0.2) is 36.6 Å². The Morgan fingerprint density at radius 3 is 2.28 bits per heavy atom. The van der Waals surface area contributed by atoms with E-state index in [9.17, 15) is 26.7 Å². The summed E-state index contributed by atoms with van der Waals surface area (Å²) in [5, 5.41) is 0. The number of alkyl halides is 2. The molecule has 1 aromatic carbocycles. The summed E-state index contributed by atoms with van der Waals surface area (Å²) in [6.45, 7) is -0.873. The number of hydrogen-bond acceptors (Lipinski definition) is 3. The highest BCUT2D eigenvalue weighted by Crippen LogP contribution is 2.33. The Bertz CT molecular complexity index is 609. The van der Waals surface area contributed by atoms with Crippen LogP contribution in [0.5, 0.6) is 0 Å². The van der Waals surface area contributed by atoms with Crippen LogP contribution in [0.2, 0.25) is 0 Å². The van der Waals surface area contributed by atoms with Crippen molar-refractivity contribution in [3.05, 3.63) is 47.8 Å². The summed E-state index contributed by atoms with van der Waals surface area (Å²) in [5.41, 5.74) is 1.06. The van der Waals surface area contributed by atoms with Gasteiger partial charge in [-0.1, -0.05) is 30.3 Å². The van der Waals surface area contributed by atoms with Gasteiger partial charge in [-0.2, -0.15) is 17.6 Å². The van der Waals surface area contributed by atoms with Crippen molar-refractivity contribution in [2.24, 2.45) is 0 Å². The Kier molecular flexibility index (Phi) is 6.52. The van der Waals surface area contributed by atoms with Crippen molar-refractivity contribution in [2.75, 3.05) is 19.7 Å². The van der Waals surface area contributed by atoms with Crippen LogP contribution in [0.4, 0.5) is 22.0 Å². The van der Waals surface area contributed by atoms with Crippen LogP contribution >= 0.6 is 0 Å². The Balaban J connectivity index is 1.86. The van der Waals surface area contributed by atoms with Crippen molar-refractivity contribution >= 4 is 5.97 Å². The number of hydrogen-bond donors (Lipinski definition) is 0. The fraction of sp³-hybridized carbons (Fsp3) is 0.471. The number of halogens is 5. The molecule has 0 N–H and O–H groups in total. The second-order valence-corrected chi connectivity index (χ2v) is 5.76. The fourth-order valence-electron chi connectivity index (χ4n) is 2.76. The van der Waals surface area contributed by atoms with Gasteiger partial charge in [0, 0.05) is 19.5 Å². The average Bonchev–Trinajstić information content (AvgIpc) is 2.62. The van der Waals surface area contributed by atoms with E-state index in [1.54, 1.807) is 0 Å². The minimum Gasteiger partial charge on any atom is -0.460 e. The second-order valence-electron chi connectivity index (χ2n) is 5.76. The van der Waals surface area contributed by atoms with Gasteiger partial charge in [0.1, 0.15) is 0 Å². The molecule has 0 bridgehead atoms. The number of carbonyl (C=O) groups excluding carboxylic acids is 1. The third-order valence-corrected chi connectivity index (χ3v) is 4.17. The van der Waals surface area contributed by atoms with Crippen molar-refractivity contribution < 1.29 is 31.5 Å². The van der Waals surface area contributed by atoms with Crippen molar-refractivity contribution in [3.63, 3.8) is 0 Å². The lowest BCUT2D eigenvalue weighted by Crippen LogP contribution is -2.51. The SMILES string of the molecule is O=C(OCCC(F)=C(F)F)C(F)(F)N1CCC(c2ccccc2)CC1. The number of likely N-dealkylation sites (tertiary alicyclic amines) is 1. The molecule has 1 aliphatic heterocycles. The van der Waals surface area contributed by atoms with Gasteiger partial charge in [-0.15, -0.1) is 0 Å².